The first-order valence-electron chi connectivity index (χ1n) is 15.5. The van der Waals surface area contributed by atoms with Crippen molar-refractivity contribution < 1.29 is 9.63 Å². The second kappa shape index (κ2) is 23.9. The number of carbonyl (C=O) groups is 1. The number of oxime groups is 1. The van der Waals surface area contributed by atoms with Gasteiger partial charge in [-0.15, -0.1) is 0 Å². The van der Waals surface area contributed by atoms with E-state index >= 15 is 0 Å². The highest BCUT2D eigenvalue weighted by Gasteiger charge is 2.25. The highest BCUT2D eigenvalue weighted by Crippen LogP contribution is 2.20. The third-order valence-electron chi connectivity index (χ3n) is 7.44. The van der Waals surface area contributed by atoms with Crippen molar-refractivity contribution in [3.63, 3.8) is 0 Å². The summed E-state index contributed by atoms with van der Waals surface area (Å²) >= 11 is 0. The number of carbonyl (C=O) groups excluding carboxylic acids is 1. The third kappa shape index (κ3) is 18.5. The molecule has 34 heavy (non-hydrogen) atoms. The van der Waals surface area contributed by atoms with Crippen molar-refractivity contribution in [2.45, 2.75) is 187 Å². The van der Waals surface area contributed by atoms with Crippen LogP contribution in [0, 0.1) is 0 Å². The summed E-state index contributed by atoms with van der Waals surface area (Å²) in [5.74, 6) is 0.230. The van der Waals surface area contributed by atoms with Gasteiger partial charge in [-0.25, -0.2) is 0 Å². The monoisotopic (exact) mass is 477 g/mol. The Morgan fingerprint density at radius 3 is 1.44 bits per heavy atom. The fourth-order valence-electron chi connectivity index (χ4n) is 5.05. The zero-order chi connectivity index (χ0) is 24.5. The fourth-order valence-corrected chi connectivity index (χ4v) is 5.05. The van der Waals surface area contributed by atoms with Gasteiger partial charge in [-0.2, -0.15) is 0 Å². The summed E-state index contributed by atoms with van der Waals surface area (Å²) in [4.78, 5) is 18.0. The number of hydrogen-bond donors (Lipinski definition) is 0. The second-order valence-electron chi connectivity index (χ2n) is 10.9. The summed E-state index contributed by atoms with van der Waals surface area (Å²) in [7, 11) is 0. The van der Waals surface area contributed by atoms with Crippen LogP contribution in [0.5, 0.6) is 0 Å². The molecule has 1 unspecified atom stereocenters. The lowest BCUT2D eigenvalue weighted by Crippen LogP contribution is -2.15. The van der Waals surface area contributed by atoms with Crippen LogP contribution in [0.25, 0.3) is 0 Å². The average molecular weight is 478 g/mol. The van der Waals surface area contributed by atoms with E-state index in [1.807, 2.05) is 0 Å². The van der Waals surface area contributed by atoms with Crippen molar-refractivity contribution >= 4 is 11.5 Å². The van der Waals surface area contributed by atoms with Gasteiger partial charge in [-0.1, -0.05) is 154 Å². The minimum Gasteiger partial charge on any atom is -0.392 e. The van der Waals surface area contributed by atoms with E-state index in [9.17, 15) is 4.79 Å². The standard InChI is InChI=1S/C31H59NO2/c1-3-5-7-9-11-13-15-16-17-19-21-23-25-27-31(33)30-28-29(34-32-30)26-24-22-20-18-14-12-10-8-6-4-2/h29H,3-28H2,1-2H3. The van der Waals surface area contributed by atoms with Gasteiger partial charge >= 0.3 is 0 Å². The Balaban J connectivity index is 1.85. The Hall–Kier alpha value is -0.860. The molecule has 1 atom stereocenters. The molecular formula is C31H59NO2. The molecule has 3 heteroatoms. The molecule has 0 radical (unpaired) electrons. The number of nitrogens with zero attached hydrogens (tertiary/aromatic N) is 1. The predicted octanol–water partition coefficient (Wildman–Crippen LogP) is 10.5. The Morgan fingerprint density at radius 2 is 1.00 bits per heavy atom. The molecule has 0 bridgehead atoms. The highest BCUT2D eigenvalue weighted by atomic mass is 16.6. The quantitative estimate of drug-likeness (QED) is 0.116. The summed E-state index contributed by atoms with van der Waals surface area (Å²) in [6, 6.07) is 0. The predicted molar refractivity (Wildman–Crippen MR) is 149 cm³/mol. The van der Waals surface area contributed by atoms with Crippen molar-refractivity contribution in [1.29, 1.82) is 0 Å². The number of hydrogen-bond acceptors (Lipinski definition) is 3. The lowest BCUT2D eigenvalue weighted by Gasteiger charge is -2.07. The van der Waals surface area contributed by atoms with Gasteiger partial charge in [0.25, 0.3) is 0 Å². The summed E-state index contributed by atoms with van der Waals surface area (Å²) < 4.78 is 0. The highest BCUT2D eigenvalue weighted by molar-refractivity contribution is 6.40. The molecule has 0 aromatic rings. The molecule has 1 heterocycles. The van der Waals surface area contributed by atoms with Crippen LogP contribution in [0.3, 0.4) is 0 Å². The second-order valence-corrected chi connectivity index (χ2v) is 10.9. The van der Waals surface area contributed by atoms with Crippen LogP contribution < -0.4 is 0 Å². The lowest BCUT2D eigenvalue weighted by molar-refractivity contribution is -0.113. The molecule has 1 aliphatic rings. The molecule has 0 saturated carbocycles. The van der Waals surface area contributed by atoms with Crippen molar-refractivity contribution in [1.82, 2.24) is 0 Å². The van der Waals surface area contributed by atoms with Gasteiger partial charge in [0.15, 0.2) is 5.78 Å². The van der Waals surface area contributed by atoms with E-state index in [-0.39, 0.29) is 11.9 Å². The molecule has 0 spiro atoms. The molecule has 0 N–H and O–H groups in total. The largest absolute Gasteiger partial charge is 0.392 e. The molecule has 200 valence electrons. The SMILES string of the molecule is CCCCCCCCCCCCCCCC(=O)C1=NOC(CCCCCCCCCCCC)C1. The molecule has 0 aliphatic carbocycles. The van der Waals surface area contributed by atoms with Crippen LogP contribution in [-0.4, -0.2) is 17.6 Å². The van der Waals surface area contributed by atoms with Crippen LogP contribution in [0.15, 0.2) is 5.16 Å². The molecule has 0 amide bonds. The van der Waals surface area contributed by atoms with E-state index in [0.29, 0.717) is 12.1 Å². The zero-order valence-electron chi connectivity index (χ0n) is 23.2. The van der Waals surface area contributed by atoms with Crippen molar-refractivity contribution in [2.24, 2.45) is 5.16 Å². The van der Waals surface area contributed by atoms with Crippen molar-refractivity contribution in [3.8, 4) is 0 Å². The first-order chi connectivity index (χ1) is 16.8. The smallest absolute Gasteiger partial charge is 0.180 e. The number of Topliss-reactive ketones (excluding diaryl/α,β-unsaturated/α-hetero) is 1. The maximum atomic E-state index is 12.4. The topological polar surface area (TPSA) is 38.7 Å². The van der Waals surface area contributed by atoms with E-state index in [1.165, 1.54) is 141 Å². The van der Waals surface area contributed by atoms with Gasteiger partial charge in [-0.05, 0) is 19.3 Å². The Morgan fingerprint density at radius 1 is 0.618 bits per heavy atom. The van der Waals surface area contributed by atoms with Gasteiger partial charge < -0.3 is 4.84 Å². The van der Waals surface area contributed by atoms with Gasteiger partial charge in [-0.3, -0.25) is 4.79 Å². The molecule has 0 aromatic heterocycles. The van der Waals surface area contributed by atoms with E-state index in [2.05, 4.69) is 19.0 Å². The maximum Gasteiger partial charge on any atom is 0.180 e. The minimum atomic E-state index is 0.152. The number of ketones is 1. The van der Waals surface area contributed by atoms with Crippen LogP contribution in [0.1, 0.15) is 181 Å². The van der Waals surface area contributed by atoms with Crippen LogP contribution in [-0.2, 0) is 9.63 Å². The summed E-state index contributed by atoms with van der Waals surface area (Å²) in [5, 5.41) is 4.13. The minimum absolute atomic E-state index is 0.152. The van der Waals surface area contributed by atoms with Crippen LogP contribution in [0.2, 0.25) is 0 Å². The lowest BCUT2D eigenvalue weighted by atomic mass is 9.99. The molecule has 3 nitrogen and oxygen atoms in total. The van der Waals surface area contributed by atoms with Crippen LogP contribution in [0.4, 0.5) is 0 Å². The van der Waals surface area contributed by atoms with E-state index in [4.69, 9.17) is 4.84 Å². The van der Waals surface area contributed by atoms with Gasteiger partial charge in [0.05, 0.1) is 0 Å². The third-order valence-corrected chi connectivity index (χ3v) is 7.44. The van der Waals surface area contributed by atoms with Gasteiger partial charge in [0.2, 0.25) is 0 Å². The molecule has 1 rings (SSSR count). The number of rotatable bonds is 26. The first kappa shape index (κ1) is 31.2. The summed E-state index contributed by atoms with van der Waals surface area (Å²) in [5.41, 5.74) is 0.705. The van der Waals surface area contributed by atoms with Gasteiger partial charge in [0.1, 0.15) is 11.8 Å². The fraction of sp³-hybridized carbons (Fsp3) is 0.935. The van der Waals surface area contributed by atoms with E-state index < -0.39 is 0 Å². The average Bonchev–Trinajstić information content (AvgIpc) is 3.32. The maximum absolute atomic E-state index is 12.4. The summed E-state index contributed by atoms with van der Waals surface area (Å²) in [6.45, 7) is 4.56. The first-order valence-corrected chi connectivity index (χ1v) is 15.5. The molecular weight excluding hydrogens is 418 g/mol. The molecule has 0 aromatic carbocycles. The Kier molecular flexibility index (Phi) is 21.9. The van der Waals surface area contributed by atoms with Gasteiger partial charge in [0, 0.05) is 12.8 Å². The van der Waals surface area contributed by atoms with Crippen molar-refractivity contribution in [3.05, 3.63) is 0 Å². The Labute approximate surface area is 213 Å². The van der Waals surface area contributed by atoms with E-state index in [0.717, 1.165) is 19.3 Å². The summed E-state index contributed by atoms with van der Waals surface area (Å²) in [6.07, 6.45) is 33.6. The van der Waals surface area contributed by atoms with Crippen molar-refractivity contribution in [2.75, 3.05) is 0 Å². The number of unbranched alkanes of at least 4 members (excludes halogenated alkanes) is 21. The van der Waals surface area contributed by atoms with E-state index in [1.54, 1.807) is 0 Å². The molecule has 0 saturated heterocycles. The molecule has 0 fully saturated rings. The molecule has 1 aliphatic heterocycles. The Bertz CT molecular complexity index is 488. The zero-order valence-corrected chi connectivity index (χ0v) is 23.2. The van der Waals surface area contributed by atoms with Crippen LogP contribution >= 0.6 is 0 Å². The normalized spacial score (nSPS) is 15.5.